The van der Waals surface area contributed by atoms with Gasteiger partial charge in [0.25, 0.3) is 0 Å². The number of aromatic amines is 1. The summed E-state index contributed by atoms with van der Waals surface area (Å²) in [7, 11) is 0. The number of nitrogens with zero attached hydrogens (tertiary/aromatic N) is 3. The molecule has 2 N–H and O–H groups in total. The summed E-state index contributed by atoms with van der Waals surface area (Å²) in [5, 5.41) is 5.29. The van der Waals surface area contributed by atoms with Crippen LogP contribution in [0, 0.1) is 12.8 Å². The number of H-pyrrole nitrogens is 1. The third-order valence-corrected chi connectivity index (χ3v) is 6.11. The minimum absolute atomic E-state index is 0.712. The van der Waals surface area contributed by atoms with E-state index in [4.69, 9.17) is 21.6 Å². The van der Waals surface area contributed by atoms with Gasteiger partial charge in [-0.1, -0.05) is 11.6 Å². The Labute approximate surface area is 169 Å². The van der Waals surface area contributed by atoms with Crippen LogP contribution in [0.25, 0.3) is 33.5 Å². The number of aryl methyl sites for hydroxylation is 2. The lowest BCUT2D eigenvalue weighted by molar-refractivity contribution is 0.340. The number of imidazole rings is 1. The molecule has 0 bridgehead atoms. The van der Waals surface area contributed by atoms with E-state index in [2.05, 4.69) is 27.0 Å². The number of rotatable bonds is 4. The van der Waals surface area contributed by atoms with Crippen LogP contribution < -0.4 is 5.32 Å². The maximum absolute atomic E-state index is 6.24. The number of benzene rings is 1. The number of piperidine rings is 1. The first kappa shape index (κ1) is 17.7. The van der Waals surface area contributed by atoms with E-state index in [9.17, 15) is 0 Å². The Morgan fingerprint density at radius 1 is 1.18 bits per heavy atom. The van der Waals surface area contributed by atoms with E-state index in [1.54, 1.807) is 0 Å². The predicted molar refractivity (Wildman–Crippen MR) is 115 cm³/mol. The minimum atomic E-state index is 0.712. The molecule has 28 heavy (non-hydrogen) atoms. The molecule has 3 aromatic heterocycles. The standard InChI is InChI=1S/C22H24ClN5/c1-14-20-21(17-5-4-16(23)13-19(17)26-14)28(12-8-15-6-10-24-11-7-15)22(27-20)18-3-2-9-25-18/h2-5,9,13,15,24-25H,6-8,10-12H2,1H3. The van der Waals surface area contributed by atoms with Crippen molar-refractivity contribution in [2.45, 2.75) is 32.7 Å². The highest BCUT2D eigenvalue weighted by molar-refractivity contribution is 6.31. The van der Waals surface area contributed by atoms with Gasteiger partial charge >= 0.3 is 0 Å². The van der Waals surface area contributed by atoms with E-state index in [1.165, 1.54) is 12.8 Å². The van der Waals surface area contributed by atoms with Gasteiger partial charge in [-0.25, -0.2) is 4.98 Å². The van der Waals surface area contributed by atoms with E-state index >= 15 is 0 Å². The summed E-state index contributed by atoms with van der Waals surface area (Å²) in [4.78, 5) is 13.1. The summed E-state index contributed by atoms with van der Waals surface area (Å²) >= 11 is 6.24. The number of halogens is 1. The molecule has 0 spiro atoms. The molecule has 1 aromatic carbocycles. The molecule has 0 unspecified atom stereocenters. The summed E-state index contributed by atoms with van der Waals surface area (Å²) in [6.45, 7) is 5.24. The Kier molecular flexibility index (Phi) is 4.57. The highest BCUT2D eigenvalue weighted by Crippen LogP contribution is 2.33. The summed E-state index contributed by atoms with van der Waals surface area (Å²) in [5.74, 6) is 1.75. The number of hydrogen-bond acceptors (Lipinski definition) is 3. The second-order valence-corrected chi connectivity index (χ2v) is 8.15. The van der Waals surface area contributed by atoms with Crippen LogP contribution in [0.1, 0.15) is 25.0 Å². The van der Waals surface area contributed by atoms with Crippen LogP contribution in [-0.2, 0) is 6.54 Å². The van der Waals surface area contributed by atoms with E-state index in [0.29, 0.717) is 5.02 Å². The second-order valence-electron chi connectivity index (χ2n) is 7.71. The molecule has 144 valence electrons. The Hall–Kier alpha value is -2.37. The average Bonchev–Trinajstić information content (AvgIpc) is 3.35. The van der Waals surface area contributed by atoms with Gasteiger partial charge in [-0.15, -0.1) is 0 Å². The summed E-state index contributed by atoms with van der Waals surface area (Å²) in [5.41, 5.74) is 5.06. The van der Waals surface area contributed by atoms with Crippen molar-refractivity contribution in [3.8, 4) is 11.5 Å². The van der Waals surface area contributed by atoms with Gasteiger partial charge in [-0.2, -0.15) is 0 Å². The topological polar surface area (TPSA) is 58.5 Å². The van der Waals surface area contributed by atoms with Crippen molar-refractivity contribution in [2.75, 3.05) is 13.1 Å². The second kappa shape index (κ2) is 7.22. The lowest BCUT2D eigenvalue weighted by atomic mass is 9.94. The first-order valence-corrected chi connectivity index (χ1v) is 10.4. The Balaban J connectivity index is 1.69. The molecular formula is C22H24ClN5. The quantitative estimate of drug-likeness (QED) is 0.516. The Morgan fingerprint density at radius 2 is 2.04 bits per heavy atom. The van der Waals surface area contributed by atoms with Gasteiger partial charge in [0.2, 0.25) is 0 Å². The lowest BCUT2D eigenvalue weighted by Crippen LogP contribution is -2.28. The van der Waals surface area contributed by atoms with Crippen molar-refractivity contribution >= 4 is 33.5 Å². The van der Waals surface area contributed by atoms with Gasteiger partial charge in [0.15, 0.2) is 5.82 Å². The molecule has 1 aliphatic rings. The molecule has 1 saturated heterocycles. The van der Waals surface area contributed by atoms with E-state index in [-0.39, 0.29) is 0 Å². The van der Waals surface area contributed by atoms with Gasteiger partial charge < -0.3 is 14.9 Å². The Morgan fingerprint density at radius 3 is 2.82 bits per heavy atom. The van der Waals surface area contributed by atoms with Crippen molar-refractivity contribution in [1.29, 1.82) is 0 Å². The minimum Gasteiger partial charge on any atom is -0.359 e. The third-order valence-electron chi connectivity index (χ3n) is 5.87. The van der Waals surface area contributed by atoms with Crippen molar-refractivity contribution in [3.05, 3.63) is 47.2 Å². The number of pyridine rings is 1. The number of hydrogen-bond donors (Lipinski definition) is 2. The van der Waals surface area contributed by atoms with E-state index in [0.717, 1.165) is 71.1 Å². The molecule has 4 aromatic rings. The molecule has 0 aliphatic carbocycles. The maximum atomic E-state index is 6.24. The zero-order chi connectivity index (χ0) is 19.1. The van der Waals surface area contributed by atoms with Crippen molar-refractivity contribution in [1.82, 2.24) is 24.8 Å². The van der Waals surface area contributed by atoms with Gasteiger partial charge in [0.1, 0.15) is 5.52 Å². The number of aromatic nitrogens is 4. The number of nitrogens with one attached hydrogen (secondary N) is 2. The zero-order valence-electron chi connectivity index (χ0n) is 16.0. The smallest absolute Gasteiger partial charge is 0.157 e. The first-order chi connectivity index (χ1) is 13.7. The van der Waals surface area contributed by atoms with E-state index < -0.39 is 0 Å². The fourth-order valence-corrected chi connectivity index (χ4v) is 4.55. The van der Waals surface area contributed by atoms with Crippen LogP contribution in [-0.4, -0.2) is 32.6 Å². The fraction of sp³-hybridized carbons (Fsp3) is 0.364. The van der Waals surface area contributed by atoms with E-state index in [1.807, 2.05) is 31.3 Å². The average molecular weight is 394 g/mol. The van der Waals surface area contributed by atoms with Crippen LogP contribution in [0.3, 0.4) is 0 Å². The van der Waals surface area contributed by atoms with Gasteiger partial charge in [0, 0.05) is 23.2 Å². The predicted octanol–water partition coefficient (Wildman–Crippen LogP) is 4.93. The molecule has 1 fully saturated rings. The summed E-state index contributed by atoms with van der Waals surface area (Å²) in [6, 6.07) is 10.1. The van der Waals surface area contributed by atoms with Crippen LogP contribution >= 0.6 is 11.6 Å². The Bertz CT molecular complexity index is 1120. The summed E-state index contributed by atoms with van der Waals surface area (Å²) in [6.07, 6.45) is 5.62. The molecule has 0 amide bonds. The monoisotopic (exact) mass is 393 g/mol. The van der Waals surface area contributed by atoms with Crippen molar-refractivity contribution in [2.24, 2.45) is 5.92 Å². The highest BCUT2D eigenvalue weighted by Gasteiger charge is 2.20. The molecule has 5 nitrogen and oxygen atoms in total. The largest absolute Gasteiger partial charge is 0.359 e. The lowest BCUT2D eigenvalue weighted by Gasteiger charge is -2.23. The maximum Gasteiger partial charge on any atom is 0.157 e. The molecular weight excluding hydrogens is 370 g/mol. The molecule has 0 atom stereocenters. The first-order valence-electron chi connectivity index (χ1n) is 10.0. The molecule has 1 aliphatic heterocycles. The van der Waals surface area contributed by atoms with Crippen LogP contribution in [0.2, 0.25) is 5.02 Å². The van der Waals surface area contributed by atoms with Crippen LogP contribution in [0.15, 0.2) is 36.5 Å². The molecule has 0 radical (unpaired) electrons. The van der Waals surface area contributed by atoms with Gasteiger partial charge in [0.05, 0.1) is 22.4 Å². The van der Waals surface area contributed by atoms with Gasteiger partial charge in [-0.05, 0) is 75.5 Å². The highest BCUT2D eigenvalue weighted by atomic mass is 35.5. The normalized spacial score (nSPS) is 15.6. The fourth-order valence-electron chi connectivity index (χ4n) is 4.38. The third kappa shape index (κ3) is 3.09. The van der Waals surface area contributed by atoms with Crippen molar-refractivity contribution in [3.63, 3.8) is 0 Å². The van der Waals surface area contributed by atoms with Crippen LogP contribution in [0.5, 0.6) is 0 Å². The van der Waals surface area contributed by atoms with Crippen molar-refractivity contribution < 1.29 is 0 Å². The van der Waals surface area contributed by atoms with Gasteiger partial charge in [-0.3, -0.25) is 4.98 Å². The summed E-state index contributed by atoms with van der Waals surface area (Å²) < 4.78 is 2.38. The van der Waals surface area contributed by atoms with Crippen LogP contribution in [0.4, 0.5) is 0 Å². The molecule has 6 heteroatoms. The molecule has 0 saturated carbocycles. The number of fused-ring (bicyclic) bond motifs is 3. The molecule has 5 rings (SSSR count). The molecule has 4 heterocycles. The zero-order valence-corrected chi connectivity index (χ0v) is 16.8. The SMILES string of the molecule is Cc1nc2cc(Cl)ccc2c2c1nc(-c1ccc[nH]1)n2CCC1CCNCC1.